The van der Waals surface area contributed by atoms with E-state index >= 15 is 0 Å². The number of urea groups is 1. The van der Waals surface area contributed by atoms with E-state index in [1.54, 1.807) is 18.2 Å². The summed E-state index contributed by atoms with van der Waals surface area (Å²) in [5.74, 6) is -1.93. The van der Waals surface area contributed by atoms with Gasteiger partial charge in [-0.25, -0.2) is 14.4 Å². The van der Waals surface area contributed by atoms with E-state index in [9.17, 15) is 29.3 Å². The topological polar surface area (TPSA) is 158 Å². The number of carbonyl (C=O) groups is 4. The van der Waals surface area contributed by atoms with Crippen LogP contribution in [-0.4, -0.2) is 40.8 Å². The van der Waals surface area contributed by atoms with Crippen LogP contribution in [-0.2, 0) is 20.9 Å². The number of benzene rings is 2. The van der Waals surface area contributed by atoms with Crippen LogP contribution in [0.2, 0.25) is 0 Å². The molecule has 0 saturated carbocycles. The second kappa shape index (κ2) is 11.6. The Hall–Kier alpha value is -5.04. The summed E-state index contributed by atoms with van der Waals surface area (Å²) in [4.78, 5) is 60.7. The summed E-state index contributed by atoms with van der Waals surface area (Å²) in [5.41, 5.74) is 0.523. The molecule has 0 unspecified atom stereocenters. The molecule has 1 aliphatic heterocycles. The Balaban J connectivity index is 1.50. The van der Waals surface area contributed by atoms with Gasteiger partial charge in [0.1, 0.15) is 17.2 Å². The minimum Gasteiger partial charge on any atom is -0.463 e. The van der Waals surface area contributed by atoms with Gasteiger partial charge in [-0.2, -0.15) is 0 Å². The smallest absolute Gasteiger partial charge is 0.373 e. The number of hydrogen-bond donors (Lipinski definition) is 1. The molecule has 0 aliphatic carbocycles. The van der Waals surface area contributed by atoms with Crippen LogP contribution >= 0.6 is 15.9 Å². The number of rotatable bonds is 8. The molecule has 3 aromatic rings. The number of amides is 3. The summed E-state index contributed by atoms with van der Waals surface area (Å²) in [6.45, 7) is -0.234. The number of furan rings is 1. The zero-order chi connectivity index (χ0) is 28.1. The van der Waals surface area contributed by atoms with Crippen LogP contribution in [0.5, 0.6) is 5.75 Å². The number of esters is 2. The highest BCUT2D eigenvalue weighted by molar-refractivity contribution is 9.10. The molecule has 1 N–H and O–H groups in total. The fraction of sp³-hybridized carbons (Fsp3) is 0.0769. The average Bonchev–Trinajstić information content (AvgIpc) is 3.49. The second-order valence-corrected chi connectivity index (χ2v) is 8.84. The number of nitrogens with zero attached hydrogens (tertiary/aromatic N) is 2. The van der Waals surface area contributed by atoms with Crippen molar-refractivity contribution < 1.29 is 38.0 Å². The molecular formula is C26H18BrN3O9. The summed E-state index contributed by atoms with van der Waals surface area (Å²) < 4.78 is 15.9. The van der Waals surface area contributed by atoms with Gasteiger partial charge in [-0.15, -0.1) is 0 Å². The predicted octanol–water partition coefficient (Wildman–Crippen LogP) is 4.45. The molecule has 39 heavy (non-hydrogen) atoms. The highest BCUT2D eigenvalue weighted by Crippen LogP contribution is 2.27. The summed E-state index contributed by atoms with van der Waals surface area (Å²) in [5, 5.41) is 13.4. The van der Waals surface area contributed by atoms with Crippen molar-refractivity contribution in [1.29, 1.82) is 0 Å². The third-order valence-corrected chi connectivity index (χ3v) is 5.79. The van der Waals surface area contributed by atoms with Gasteiger partial charge >= 0.3 is 18.0 Å². The lowest BCUT2D eigenvalue weighted by Gasteiger charge is -2.09. The maximum absolute atomic E-state index is 12.9. The fourth-order valence-corrected chi connectivity index (χ4v) is 3.85. The number of non-ortho nitro benzene ring substituents is 1. The Labute approximate surface area is 228 Å². The molecule has 1 saturated heterocycles. The summed E-state index contributed by atoms with van der Waals surface area (Å²) in [7, 11) is 1.19. The van der Waals surface area contributed by atoms with Crippen molar-refractivity contribution >= 4 is 57.6 Å². The normalized spacial score (nSPS) is 14.1. The van der Waals surface area contributed by atoms with Gasteiger partial charge in [0.05, 0.1) is 18.6 Å². The van der Waals surface area contributed by atoms with Crippen LogP contribution in [0.15, 0.2) is 75.3 Å². The Morgan fingerprint density at radius 2 is 1.95 bits per heavy atom. The molecule has 13 heteroatoms. The van der Waals surface area contributed by atoms with E-state index in [0.29, 0.717) is 15.6 Å². The van der Waals surface area contributed by atoms with Gasteiger partial charge in [0.2, 0.25) is 5.76 Å². The minimum atomic E-state index is -0.772. The van der Waals surface area contributed by atoms with Crippen molar-refractivity contribution in [3.8, 4) is 5.75 Å². The van der Waals surface area contributed by atoms with Crippen molar-refractivity contribution in [3.63, 3.8) is 0 Å². The number of methoxy groups -OCH3 is 1. The molecule has 2 heterocycles. The maximum atomic E-state index is 12.9. The van der Waals surface area contributed by atoms with Crippen LogP contribution in [0.4, 0.5) is 10.5 Å². The van der Waals surface area contributed by atoms with E-state index in [0.717, 1.165) is 11.0 Å². The molecule has 1 aliphatic rings. The molecule has 0 radical (unpaired) electrons. The van der Waals surface area contributed by atoms with Crippen molar-refractivity contribution in [2.24, 2.45) is 0 Å². The lowest BCUT2D eigenvalue weighted by Crippen LogP contribution is -2.30. The van der Waals surface area contributed by atoms with Crippen molar-refractivity contribution in [2.75, 3.05) is 7.11 Å². The summed E-state index contributed by atoms with van der Waals surface area (Å²) in [6.07, 6.45) is 3.82. The second-order valence-electron chi connectivity index (χ2n) is 7.93. The van der Waals surface area contributed by atoms with Crippen LogP contribution in [0, 0.1) is 10.1 Å². The van der Waals surface area contributed by atoms with Gasteiger partial charge in [-0.3, -0.25) is 19.8 Å². The number of nitro benzene ring substituents is 1. The van der Waals surface area contributed by atoms with Crippen LogP contribution in [0.1, 0.15) is 27.4 Å². The molecule has 0 bridgehead atoms. The quantitative estimate of drug-likeness (QED) is 0.0991. The van der Waals surface area contributed by atoms with Crippen molar-refractivity contribution in [2.45, 2.75) is 6.54 Å². The van der Waals surface area contributed by atoms with E-state index in [-0.39, 0.29) is 35.2 Å². The van der Waals surface area contributed by atoms with E-state index in [2.05, 4.69) is 26.0 Å². The number of carbonyl (C=O) groups excluding carboxylic acids is 4. The third-order valence-electron chi connectivity index (χ3n) is 5.30. The minimum absolute atomic E-state index is 0.0737. The summed E-state index contributed by atoms with van der Waals surface area (Å²) >= 11 is 3.32. The molecule has 3 amide bonds. The lowest BCUT2D eigenvalue weighted by atomic mass is 10.1. The SMILES string of the molecule is COC(=O)c1ccc(CN2C(=O)N/C(=C/c3cc(Br)ccc3OC(=O)/C=C/c3cccc([N+](=O)[O-])c3)C2=O)o1. The molecule has 0 spiro atoms. The van der Waals surface area contributed by atoms with Crippen molar-refractivity contribution in [1.82, 2.24) is 10.2 Å². The number of halogens is 1. The van der Waals surface area contributed by atoms with Gasteiger partial charge in [-0.1, -0.05) is 28.1 Å². The van der Waals surface area contributed by atoms with E-state index < -0.39 is 28.8 Å². The Kier molecular flexibility index (Phi) is 8.01. The molecule has 2 aromatic carbocycles. The largest absolute Gasteiger partial charge is 0.463 e. The fourth-order valence-electron chi connectivity index (χ4n) is 3.47. The number of imide groups is 1. The molecular weight excluding hydrogens is 578 g/mol. The van der Waals surface area contributed by atoms with Gasteiger partial charge in [0.25, 0.3) is 11.6 Å². The molecule has 1 fully saturated rings. The third kappa shape index (κ3) is 6.45. The summed E-state index contributed by atoms with van der Waals surface area (Å²) in [6, 6.07) is 12.5. The monoisotopic (exact) mass is 595 g/mol. The molecule has 198 valence electrons. The lowest BCUT2D eigenvalue weighted by molar-refractivity contribution is -0.384. The Morgan fingerprint density at radius 1 is 1.15 bits per heavy atom. The van der Waals surface area contributed by atoms with Gasteiger partial charge in [0.15, 0.2) is 0 Å². The van der Waals surface area contributed by atoms with E-state index in [4.69, 9.17) is 9.15 Å². The molecule has 12 nitrogen and oxygen atoms in total. The number of ether oxygens (including phenoxy) is 2. The zero-order valence-electron chi connectivity index (χ0n) is 20.1. The highest BCUT2D eigenvalue weighted by atomic mass is 79.9. The van der Waals surface area contributed by atoms with Crippen LogP contribution in [0.25, 0.3) is 12.2 Å². The number of hydrogen-bond acceptors (Lipinski definition) is 9. The van der Waals surface area contributed by atoms with Gasteiger partial charge in [0, 0.05) is 28.2 Å². The van der Waals surface area contributed by atoms with Crippen LogP contribution < -0.4 is 10.1 Å². The Bertz CT molecular complexity index is 1560. The molecule has 0 atom stereocenters. The highest BCUT2D eigenvalue weighted by Gasteiger charge is 2.34. The van der Waals surface area contributed by atoms with E-state index in [1.165, 1.54) is 55.7 Å². The van der Waals surface area contributed by atoms with Crippen molar-refractivity contribution in [3.05, 3.63) is 104 Å². The zero-order valence-corrected chi connectivity index (χ0v) is 21.7. The average molecular weight is 596 g/mol. The first-order valence-corrected chi connectivity index (χ1v) is 11.9. The first-order valence-electron chi connectivity index (χ1n) is 11.1. The standard InChI is InChI=1S/C26H18BrN3O9/c1-37-25(33)22-9-7-19(38-22)14-29-24(32)20(28-26(29)34)13-16-12-17(27)6-8-21(16)39-23(31)10-5-15-3-2-4-18(11-15)30(35)36/h2-13H,14H2,1H3,(H,28,34)/b10-5+,20-13+. The predicted molar refractivity (Wildman–Crippen MR) is 139 cm³/mol. The molecule has 1 aromatic heterocycles. The van der Waals surface area contributed by atoms with Crippen LogP contribution in [0.3, 0.4) is 0 Å². The number of nitro groups is 1. The first kappa shape index (κ1) is 27.0. The Morgan fingerprint density at radius 3 is 2.69 bits per heavy atom. The first-order chi connectivity index (χ1) is 18.6. The van der Waals surface area contributed by atoms with E-state index in [1.807, 2.05) is 0 Å². The molecule has 4 rings (SSSR count). The van der Waals surface area contributed by atoms with Gasteiger partial charge in [-0.05, 0) is 48.0 Å². The van der Waals surface area contributed by atoms with Gasteiger partial charge < -0.3 is 19.2 Å². The maximum Gasteiger partial charge on any atom is 0.373 e. The number of nitrogens with one attached hydrogen (secondary N) is 1.